The number of nitrogens with one attached hydrogen (secondary N) is 1. The lowest BCUT2D eigenvalue weighted by Gasteiger charge is -2.19. The SMILES string of the molecule is C[C@H](NC(=O)C1CCN(Cc2ccc(F)cc2)C1)c1ccc(C(=O)O)cc1. The minimum Gasteiger partial charge on any atom is -0.478 e. The summed E-state index contributed by atoms with van der Waals surface area (Å²) in [6.45, 7) is 4.10. The average molecular weight is 370 g/mol. The maximum atomic E-state index is 13.0. The Labute approximate surface area is 157 Å². The van der Waals surface area contributed by atoms with E-state index in [0.29, 0.717) is 13.1 Å². The Balaban J connectivity index is 1.52. The van der Waals surface area contributed by atoms with Gasteiger partial charge in [0.25, 0.3) is 0 Å². The first-order chi connectivity index (χ1) is 12.9. The third kappa shape index (κ3) is 4.92. The number of nitrogens with zero attached hydrogens (tertiary/aromatic N) is 1. The molecule has 1 aliphatic rings. The van der Waals surface area contributed by atoms with Gasteiger partial charge in [0.05, 0.1) is 17.5 Å². The summed E-state index contributed by atoms with van der Waals surface area (Å²) in [6.07, 6.45) is 0.789. The molecule has 6 heteroatoms. The zero-order valence-corrected chi connectivity index (χ0v) is 15.2. The second-order valence-corrected chi connectivity index (χ2v) is 7.00. The molecule has 3 rings (SSSR count). The molecule has 1 fully saturated rings. The molecule has 5 nitrogen and oxygen atoms in total. The van der Waals surface area contributed by atoms with E-state index >= 15 is 0 Å². The second-order valence-electron chi connectivity index (χ2n) is 7.00. The van der Waals surface area contributed by atoms with Gasteiger partial charge in [0, 0.05) is 13.1 Å². The topological polar surface area (TPSA) is 69.6 Å². The molecule has 1 unspecified atom stereocenters. The van der Waals surface area contributed by atoms with Crippen LogP contribution in [0, 0.1) is 11.7 Å². The Hall–Kier alpha value is -2.73. The van der Waals surface area contributed by atoms with Crippen LogP contribution in [0.5, 0.6) is 0 Å². The molecule has 2 aromatic rings. The molecule has 0 saturated carbocycles. The van der Waals surface area contributed by atoms with Crippen molar-refractivity contribution in [3.05, 3.63) is 71.0 Å². The van der Waals surface area contributed by atoms with Gasteiger partial charge in [0.15, 0.2) is 0 Å². The van der Waals surface area contributed by atoms with Crippen LogP contribution in [0.4, 0.5) is 4.39 Å². The Kier molecular flexibility index (Phi) is 5.86. The monoisotopic (exact) mass is 370 g/mol. The molecule has 142 valence electrons. The lowest BCUT2D eigenvalue weighted by molar-refractivity contribution is -0.125. The van der Waals surface area contributed by atoms with Crippen LogP contribution >= 0.6 is 0 Å². The van der Waals surface area contributed by atoms with E-state index in [4.69, 9.17) is 5.11 Å². The van der Waals surface area contributed by atoms with E-state index in [1.165, 1.54) is 12.1 Å². The Morgan fingerprint density at radius 1 is 1.19 bits per heavy atom. The van der Waals surface area contributed by atoms with Crippen LogP contribution in [0.3, 0.4) is 0 Å². The zero-order valence-electron chi connectivity index (χ0n) is 15.2. The third-order valence-electron chi connectivity index (χ3n) is 4.98. The van der Waals surface area contributed by atoms with Crippen LogP contribution in [0.2, 0.25) is 0 Å². The Bertz CT molecular complexity index is 805. The van der Waals surface area contributed by atoms with Crippen molar-refractivity contribution in [3.8, 4) is 0 Å². The number of amides is 1. The van der Waals surface area contributed by atoms with Crippen LogP contribution < -0.4 is 5.32 Å². The molecule has 27 heavy (non-hydrogen) atoms. The number of rotatable bonds is 6. The number of hydrogen-bond donors (Lipinski definition) is 2. The van der Waals surface area contributed by atoms with E-state index < -0.39 is 5.97 Å². The summed E-state index contributed by atoms with van der Waals surface area (Å²) in [6, 6.07) is 12.8. The minimum absolute atomic E-state index is 0.00594. The first kappa shape index (κ1) is 19.0. The largest absolute Gasteiger partial charge is 0.478 e. The summed E-state index contributed by atoms with van der Waals surface area (Å²) in [5.74, 6) is -1.29. The van der Waals surface area contributed by atoms with Gasteiger partial charge in [-0.2, -0.15) is 0 Å². The van der Waals surface area contributed by atoms with Crippen LogP contribution in [0.15, 0.2) is 48.5 Å². The molecular weight excluding hydrogens is 347 g/mol. The normalized spacial score (nSPS) is 18.2. The average Bonchev–Trinajstić information content (AvgIpc) is 3.12. The van der Waals surface area contributed by atoms with Gasteiger partial charge in [-0.05, 0) is 55.3 Å². The van der Waals surface area contributed by atoms with Crippen molar-refractivity contribution in [1.82, 2.24) is 10.2 Å². The van der Waals surface area contributed by atoms with Crippen LogP contribution in [-0.4, -0.2) is 35.0 Å². The third-order valence-corrected chi connectivity index (χ3v) is 4.98. The smallest absolute Gasteiger partial charge is 0.335 e. The lowest BCUT2D eigenvalue weighted by Crippen LogP contribution is -2.34. The van der Waals surface area contributed by atoms with Crippen LogP contribution in [-0.2, 0) is 11.3 Å². The van der Waals surface area contributed by atoms with Gasteiger partial charge in [0.1, 0.15) is 5.82 Å². The Morgan fingerprint density at radius 2 is 1.85 bits per heavy atom. The number of benzene rings is 2. The predicted octanol–water partition coefficient (Wildman–Crippen LogP) is 3.22. The van der Waals surface area contributed by atoms with E-state index in [1.807, 2.05) is 6.92 Å². The number of carboxylic acid groups (broad SMARTS) is 1. The fourth-order valence-electron chi connectivity index (χ4n) is 3.37. The van der Waals surface area contributed by atoms with E-state index in [-0.39, 0.29) is 29.2 Å². The number of carbonyl (C=O) groups excluding carboxylic acids is 1. The van der Waals surface area contributed by atoms with Crippen LogP contribution in [0.1, 0.15) is 40.9 Å². The molecule has 0 aromatic heterocycles. The lowest BCUT2D eigenvalue weighted by atomic mass is 10.0. The van der Waals surface area contributed by atoms with Crippen molar-refractivity contribution in [2.45, 2.75) is 25.9 Å². The molecular formula is C21H23FN2O3. The van der Waals surface area contributed by atoms with E-state index in [2.05, 4.69) is 10.2 Å². The summed E-state index contributed by atoms with van der Waals surface area (Å²) >= 11 is 0. The number of halogens is 1. The molecule has 2 atom stereocenters. The highest BCUT2D eigenvalue weighted by Crippen LogP contribution is 2.21. The van der Waals surface area contributed by atoms with Crippen molar-refractivity contribution in [2.24, 2.45) is 5.92 Å². The number of carboxylic acids is 1. The number of likely N-dealkylation sites (tertiary alicyclic amines) is 1. The van der Waals surface area contributed by atoms with E-state index in [9.17, 15) is 14.0 Å². The molecule has 0 bridgehead atoms. The van der Waals surface area contributed by atoms with Crippen molar-refractivity contribution in [3.63, 3.8) is 0 Å². The van der Waals surface area contributed by atoms with Gasteiger partial charge in [-0.25, -0.2) is 9.18 Å². The molecule has 1 aliphatic heterocycles. The van der Waals surface area contributed by atoms with E-state index in [0.717, 1.165) is 24.1 Å². The van der Waals surface area contributed by atoms with Crippen molar-refractivity contribution in [1.29, 1.82) is 0 Å². The van der Waals surface area contributed by atoms with Crippen molar-refractivity contribution in [2.75, 3.05) is 13.1 Å². The quantitative estimate of drug-likeness (QED) is 0.819. The molecule has 0 radical (unpaired) electrons. The summed E-state index contributed by atoms with van der Waals surface area (Å²) < 4.78 is 13.0. The maximum absolute atomic E-state index is 13.0. The highest BCUT2D eigenvalue weighted by molar-refractivity contribution is 5.87. The van der Waals surface area contributed by atoms with Gasteiger partial charge < -0.3 is 10.4 Å². The molecule has 1 heterocycles. The molecule has 2 aromatic carbocycles. The first-order valence-corrected chi connectivity index (χ1v) is 9.03. The molecule has 0 spiro atoms. The molecule has 1 saturated heterocycles. The summed E-state index contributed by atoms with van der Waals surface area (Å²) in [5.41, 5.74) is 2.13. The highest BCUT2D eigenvalue weighted by atomic mass is 19.1. The van der Waals surface area contributed by atoms with Crippen molar-refractivity contribution < 1.29 is 19.1 Å². The van der Waals surface area contributed by atoms with Gasteiger partial charge in [-0.1, -0.05) is 24.3 Å². The van der Waals surface area contributed by atoms with Gasteiger partial charge in [-0.15, -0.1) is 0 Å². The maximum Gasteiger partial charge on any atom is 0.335 e. The summed E-state index contributed by atoms with van der Waals surface area (Å²) in [7, 11) is 0. The molecule has 1 amide bonds. The minimum atomic E-state index is -0.967. The zero-order chi connectivity index (χ0) is 19.4. The molecule has 0 aliphatic carbocycles. The summed E-state index contributed by atoms with van der Waals surface area (Å²) in [4.78, 5) is 25.7. The second kappa shape index (κ2) is 8.31. The molecule has 2 N–H and O–H groups in total. The standard InChI is InChI=1S/C21H23FN2O3/c1-14(16-4-6-17(7-5-16)21(26)27)23-20(25)18-10-11-24(13-18)12-15-2-8-19(22)9-3-15/h2-9,14,18H,10-13H2,1H3,(H,23,25)(H,26,27)/t14-,18?/m0/s1. The number of carbonyl (C=O) groups is 2. The van der Waals surface area contributed by atoms with Crippen molar-refractivity contribution >= 4 is 11.9 Å². The predicted molar refractivity (Wildman–Crippen MR) is 99.7 cm³/mol. The fraction of sp³-hybridized carbons (Fsp3) is 0.333. The summed E-state index contributed by atoms with van der Waals surface area (Å²) in [5, 5.41) is 12.0. The Morgan fingerprint density at radius 3 is 2.48 bits per heavy atom. The number of aromatic carboxylic acids is 1. The first-order valence-electron chi connectivity index (χ1n) is 9.03. The van der Waals surface area contributed by atoms with Crippen LogP contribution in [0.25, 0.3) is 0 Å². The highest BCUT2D eigenvalue weighted by Gasteiger charge is 2.29. The van der Waals surface area contributed by atoms with Gasteiger partial charge in [0.2, 0.25) is 5.91 Å². The fourth-order valence-corrected chi connectivity index (χ4v) is 3.37. The van der Waals surface area contributed by atoms with E-state index in [1.54, 1.807) is 36.4 Å². The van der Waals surface area contributed by atoms with Gasteiger partial charge in [-0.3, -0.25) is 9.69 Å². The number of hydrogen-bond acceptors (Lipinski definition) is 3. The van der Waals surface area contributed by atoms with Gasteiger partial charge >= 0.3 is 5.97 Å².